The van der Waals surface area contributed by atoms with Gasteiger partial charge in [-0.2, -0.15) is 0 Å². The van der Waals surface area contributed by atoms with Gasteiger partial charge in [0.05, 0.1) is 12.0 Å². The zero-order valence-electron chi connectivity index (χ0n) is 10.5. The third kappa shape index (κ3) is 3.24. The van der Waals surface area contributed by atoms with E-state index in [4.69, 9.17) is 16.3 Å². The van der Waals surface area contributed by atoms with Gasteiger partial charge in [-0.25, -0.2) is 0 Å². The third-order valence-electron chi connectivity index (χ3n) is 3.32. The molecule has 1 N–H and O–H groups in total. The van der Waals surface area contributed by atoms with Gasteiger partial charge in [-0.15, -0.1) is 11.6 Å². The minimum atomic E-state index is -0.0347. The van der Waals surface area contributed by atoms with Crippen LogP contribution in [0.1, 0.15) is 18.9 Å². The molecular formula is C14H18ClNO2. The topological polar surface area (TPSA) is 38.3 Å². The van der Waals surface area contributed by atoms with Crippen LogP contribution in [-0.4, -0.2) is 24.5 Å². The number of benzene rings is 1. The smallest absolute Gasteiger partial charge is 0.230 e. The second-order valence-electron chi connectivity index (χ2n) is 4.60. The van der Waals surface area contributed by atoms with Crippen molar-refractivity contribution in [3.63, 3.8) is 0 Å². The first-order chi connectivity index (χ1) is 8.70. The van der Waals surface area contributed by atoms with Crippen molar-refractivity contribution in [2.75, 3.05) is 17.8 Å². The van der Waals surface area contributed by atoms with Crippen molar-refractivity contribution in [2.24, 2.45) is 5.92 Å². The number of rotatable bonds is 4. The molecule has 18 heavy (non-hydrogen) atoms. The average Bonchev–Trinajstić information content (AvgIpc) is 2.78. The molecule has 0 aliphatic carbocycles. The maximum Gasteiger partial charge on any atom is 0.230 e. The van der Waals surface area contributed by atoms with Crippen LogP contribution in [0.25, 0.3) is 0 Å². The van der Waals surface area contributed by atoms with Gasteiger partial charge in [0.2, 0.25) is 5.91 Å². The van der Waals surface area contributed by atoms with Crippen molar-refractivity contribution in [3.8, 4) is 0 Å². The van der Waals surface area contributed by atoms with Gasteiger partial charge in [0.1, 0.15) is 0 Å². The highest BCUT2D eigenvalue weighted by molar-refractivity contribution is 6.17. The van der Waals surface area contributed by atoms with Crippen LogP contribution in [-0.2, 0) is 16.0 Å². The van der Waals surface area contributed by atoms with Gasteiger partial charge in [-0.1, -0.05) is 12.1 Å². The lowest BCUT2D eigenvalue weighted by Crippen LogP contribution is -2.27. The standard InChI is InChI=1S/C14H18ClNO2/c1-10-13(7-9-18-10)14(17)16-12-4-2-11(3-5-12)6-8-15/h2-5,10,13H,6-9H2,1H3,(H,16,17). The average molecular weight is 268 g/mol. The van der Waals surface area contributed by atoms with Crippen LogP contribution < -0.4 is 5.32 Å². The van der Waals surface area contributed by atoms with E-state index in [0.717, 1.165) is 18.5 Å². The summed E-state index contributed by atoms with van der Waals surface area (Å²) in [6.45, 7) is 2.62. The van der Waals surface area contributed by atoms with Crippen molar-refractivity contribution in [3.05, 3.63) is 29.8 Å². The van der Waals surface area contributed by atoms with E-state index >= 15 is 0 Å². The molecule has 1 aliphatic rings. The Hall–Kier alpha value is -1.06. The Morgan fingerprint density at radius 3 is 2.72 bits per heavy atom. The zero-order valence-corrected chi connectivity index (χ0v) is 11.2. The van der Waals surface area contributed by atoms with E-state index in [1.54, 1.807) is 0 Å². The van der Waals surface area contributed by atoms with Crippen LogP contribution in [0.2, 0.25) is 0 Å². The van der Waals surface area contributed by atoms with E-state index in [1.807, 2.05) is 31.2 Å². The first kappa shape index (κ1) is 13.4. The Balaban J connectivity index is 1.94. The van der Waals surface area contributed by atoms with Crippen LogP contribution in [0.15, 0.2) is 24.3 Å². The summed E-state index contributed by atoms with van der Waals surface area (Å²) in [6, 6.07) is 7.82. The number of carbonyl (C=O) groups excluding carboxylic acids is 1. The second-order valence-corrected chi connectivity index (χ2v) is 4.97. The lowest BCUT2D eigenvalue weighted by molar-refractivity contribution is -0.121. The summed E-state index contributed by atoms with van der Waals surface area (Å²) in [5.41, 5.74) is 2.01. The fraction of sp³-hybridized carbons (Fsp3) is 0.500. The first-order valence-corrected chi connectivity index (χ1v) is 6.81. The highest BCUT2D eigenvalue weighted by atomic mass is 35.5. The number of nitrogens with one attached hydrogen (secondary N) is 1. The quantitative estimate of drug-likeness (QED) is 0.852. The molecule has 0 bridgehead atoms. The summed E-state index contributed by atoms with van der Waals surface area (Å²) in [4.78, 5) is 12.0. The summed E-state index contributed by atoms with van der Waals surface area (Å²) in [5, 5.41) is 2.93. The molecule has 2 unspecified atom stereocenters. The van der Waals surface area contributed by atoms with E-state index in [0.29, 0.717) is 12.5 Å². The van der Waals surface area contributed by atoms with Crippen molar-refractivity contribution in [2.45, 2.75) is 25.9 Å². The van der Waals surface area contributed by atoms with Crippen LogP contribution in [0.4, 0.5) is 5.69 Å². The molecule has 4 heteroatoms. The summed E-state index contributed by atoms with van der Waals surface area (Å²) in [6.07, 6.45) is 1.67. The minimum Gasteiger partial charge on any atom is -0.378 e. The SMILES string of the molecule is CC1OCCC1C(=O)Nc1ccc(CCCl)cc1. The lowest BCUT2D eigenvalue weighted by atomic mass is 10.0. The van der Waals surface area contributed by atoms with Crippen molar-refractivity contribution in [1.29, 1.82) is 0 Å². The van der Waals surface area contributed by atoms with Crippen LogP contribution in [0, 0.1) is 5.92 Å². The summed E-state index contributed by atoms with van der Waals surface area (Å²) >= 11 is 5.68. The molecule has 0 aromatic heterocycles. The van der Waals surface area contributed by atoms with Gasteiger partial charge in [0.15, 0.2) is 0 Å². The molecule has 1 aliphatic heterocycles. The maximum atomic E-state index is 12.0. The van der Waals surface area contributed by atoms with E-state index in [1.165, 1.54) is 5.56 Å². The van der Waals surface area contributed by atoms with E-state index in [2.05, 4.69) is 5.32 Å². The number of alkyl halides is 1. The first-order valence-electron chi connectivity index (χ1n) is 6.28. The number of aryl methyl sites for hydroxylation is 1. The number of anilines is 1. The molecule has 3 nitrogen and oxygen atoms in total. The predicted molar refractivity (Wildman–Crippen MR) is 73.0 cm³/mol. The molecule has 0 saturated carbocycles. The number of halogens is 1. The van der Waals surface area contributed by atoms with Gasteiger partial charge in [0, 0.05) is 18.2 Å². The van der Waals surface area contributed by atoms with Gasteiger partial charge >= 0.3 is 0 Å². The molecule has 1 saturated heterocycles. The van der Waals surface area contributed by atoms with Gasteiger partial charge in [-0.05, 0) is 37.5 Å². The highest BCUT2D eigenvalue weighted by Crippen LogP contribution is 2.22. The van der Waals surface area contributed by atoms with Crippen molar-refractivity contribution >= 4 is 23.2 Å². The van der Waals surface area contributed by atoms with E-state index < -0.39 is 0 Å². The molecule has 1 amide bonds. The van der Waals surface area contributed by atoms with Gasteiger partial charge in [0.25, 0.3) is 0 Å². The fourth-order valence-electron chi connectivity index (χ4n) is 2.17. The van der Waals surface area contributed by atoms with Crippen molar-refractivity contribution in [1.82, 2.24) is 0 Å². The lowest BCUT2D eigenvalue weighted by Gasteiger charge is -2.14. The number of ether oxygens (including phenoxy) is 1. The Kier molecular flexibility index (Phi) is 4.61. The van der Waals surface area contributed by atoms with E-state index in [9.17, 15) is 4.79 Å². The molecule has 1 aromatic rings. The Bertz CT molecular complexity index is 405. The fourth-order valence-corrected chi connectivity index (χ4v) is 2.39. The normalized spacial score (nSPS) is 23.0. The molecule has 1 fully saturated rings. The molecule has 1 aromatic carbocycles. The number of carbonyl (C=O) groups is 1. The summed E-state index contributed by atoms with van der Waals surface area (Å²) in [7, 11) is 0. The monoisotopic (exact) mass is 267 g/mol. The number of hydrogen-bond donors (Lipinski definition) is 1. The second kappa shape index (κ2) is 6.21. The molecule has 0 radical (unpaired) electrons. The van der Waals surface area contributed by atoms with Gasteiger partial charge in [-0.3, -0.25) is 4.79 Å². The number of hydrogen-bond acceptors (Lipinski definition) is 2. The summed E-state index contributed by atoms with van der Waals surface area (Å²) in [5.74, 6) is 0.625. The maximum absolute atomic E-state index is 12.0. The zero-order chi connectivity index (χ0) is 13.0. The van der Waals surface area contributed by atoms with Crippen LogP contribution in [0.3, 0.4) is 0 Å². The summed E-state index contributed by atoms with van der Waals surface area (Å²) < 4.78 is 5.40. The van der Waals surface area contributed by atoms with Crippen LogP contribution in [0.5, 0.6) is 0 Å². The molecular weight excluding hydrogens is 250 g/mol. The highest BCUT2D eigenvalue weighted by Gasteiger charge is 2.30. The minimum absolute atomic E-state index is 0.0144. The third-order valence-corrected chi connectivity index (χ3v) is 3.51. The Morgan fingerprint density at radius 2 is 2.17 bits per heavy atom. The molecule has 1 heterocycles. The Morgan fingerprint density at radius 1 is 1.44 bits per heavy atom. The van der Waals surface area contributed by atoms with E-state index in [-0.39, 0.29) is 17.9 Å². The van der Waals surface area contributed by atoms with Gasteiger partial charge < -0.3 is 10.1 Å². The Labute approximate surface area is 112 Å². The number of amides is 1. The van der Waals surface area contributed by atoms with Crippen LogP contribution >= 0.6 is 11.6 Å². The predicted octanol–water partition coefficient (Wildman–Crippen LogP) is 2.83. The molecule has 0 spiro atoms. The molecule has 98 valence electrons. The molecule has 2 atom stereocenters. The van der Waals surface area contributed by atoms with Crippen molar-refractivity contribution < 1.29 is 9.53 Å². The largest absolute Gasteiger partial charge is 0.378 e. The molecule has 2 rings (SSSR count).